The highest BCUT2D eigenvalue weighted by atomic mass is 16.3. The van der Waals surface area contributed by atoms with Crippen molar-refractivity contribution in [3.63, 3.8) is 0 Å². The normalized spacial score (nSPS) is 28.4. The molecule has 2 aliphatic heterocycles. The molecule has 0 radical (unpaired) electrons. The van der Waals surface area contributed by atoms with Crippen LogP contribution in [0.15, 0.2) is 53.3 Å². The van der Waals surface area contributed by atoms with E-state index in [0.717, 1.165) is 11.1 Å². The van der Waals surface area contributed by atoms with Crippen molar-refractivity contribution in [3.8, 4) is 12.1 Å². The predicted octanol–water partition coefficient (Wildman–Crippen LogP) is 0.875. The molecule has 1 unspecified atom stereocenters. The van der Waals surface area contributed by atoms with E-state index in [0.29, 0.717) is 10.7 Å². The fourth-order valence-electron chi connectivity index (χ4n) is 4.29. The molecular weight excluding hydrogens is 316 g/mol. The van der Waals surface area contributed by atoms with Crippen LogP contribution in [0, 0.1) is 28.1 Å². The van der Waals surface area contributed by atoms with Crippen LogP contribution in [0.2, 0.25) is 0 Å². The molecule has 3 heterocycles. The third-order valence-corrected chi connectivity index (χ3v) is 5.26. The average molecular weight is 331 g/mol. The van der Waals surface area contributed by atoms with Gasteiger partial charge in [0, 0.05) is 5.56 Å². The van der Waals surface area contributed by atoms with E-state index in [4.69, 9.17) is 10.2 Å². The number of primary amides is 1. The number of nitrogens with one attached hydrogen (secondary N) is 1. The number of carbonyl (C=O) groups excluding carboxylic acids is 1. The van der Waals surface area contributed by atoms with Crippen molar-refractivity contribution < 1.29 is 14.1 Å². The number of fused-ring (bicyclic) bond motifs is 3. The largest absolute Gasteiger partial charge is 0.469 e. The summed E-state index contributed by atoms with van der Waals surface area (Å²) in [5.41, 5.74) is 6.04. The van der Waals surface area contributed by atoms with Gasteiger partial charge in [0.1, 0.15) is 11.7 Å². The number of carbonyl (C=O) groups is 1. The molecule has 3 N–H and O–H groups in total. The van der Waals surface area contributed by atoms with Crippen LogP contribution >= 0.6 is 0 Å². The maximum Gasteiger partial charge on any atom is 0.277 e. The van der Waals surface area contributed by atoms with Gasteiger partial charge < -0.3 is 10.2 Å². The third kappa shape index (κ3) is 1.89. The molecule has 2 aliphatic rings. The van der Waals surface area contributed by atoms with Gasteiger partial charge in [-0.25, -0.2) is 0 Å². The average Bonchev–Trinajstić information content (AvgIpc) is 3.25. The monoisotopic (exact) mass is 331 g/mol. The molecule has 0 spiro atoms. The number of benzene rings is 1. The second-order valence-electron chi connectivity index (χ2n) is 6.36. The standard InChI is InChI=1S/C19H14N4O2/c20-10-19(11-21)15(14-6-3-9-25-14)16(18(22)24)23-8-7-12-4-1-2-5-13(12)17(19)23/h1-9,15-17H,(H2,22,24)/p+1/t15-,16+,17-/m0/s1. The van der Waals surface area contributed by atoms with Gasteiger partial charge in [-0.15, -0.1) is 0 Å². The van der Waals surface area contributed by atoms with Gasteiger partial charge in [0.25, 0.3) is 5.91 Å². The molecule has 122 valence electrons. The summed E-state index contributed by atoms with van der Waals surface area (Å²) in [6.07, 6.45) is 5.21. The number of nitrogens with two attached hydrogens (primary N) is 1. The lowest BCUT2D eigenvalue weighted by atomic mass is 9.69. The highest BCUT2D eigenvalue weighted by Gasteiger charge is 2.68. The summed E-state index contributed by atoms with van der Waals surface area (Å²) in [4.78, 5) is 13.0. The quantitative estimate of drug-likeness (QED) is 0.851. The van der Waals surface area contributed by atoms with Crippen molar-refractivity contribution in [2.75, 3.05) is 0 Å². The van der Waals surface area contributed by atoms with Gasteiger partial charge in [-0.1, -0.05) is 24.3 Å². The Hall–Kier alpha value is -3.35. The molecule has 1 fully saturated rings. The number of furan rings is 1. The first kappa shape index (κ1) is 15.2. The Bertz CT molecular complexity index is 935. The van der Waals surface area contributed by atoms with Crippen LogP contribution in [-0.2, 0) is 4.79 Å². The number of hydrogen-bond donors (Lipinski definition) is 2. The minimum Gasteiger partial charge on any atom is -0.469 e. The second-order valence-corrected chi connectivity index (χ2v) is 6.36. The van der Waals surface area contributed by atoms with Crippen molar-refractivity contribution in [2.24, 2.45) is 11.1 Å². The first-order valence-corrected chi connectivity index (χ1v) is 7.93. The molecule has 2 aromatic rings. The SMILES string of the molecule is N#CC1(C#N)[C@@H]2c3ccccc3C=C[NH+]2[C@@H](C(N)=O)[C@@H]1c1ccco1. The van der Waals surface area contributed by atoms with Gasteiger partial charge in [-0.2, -0.15) is 10.5 Å². The summed E-state index contributed by atoms with van der Waals surface area (Å²) < 4.78 is 5.50. The van der Waals surface area contributed by atoms with E-state index in [-0.39, 0.29) is 0 Å². The molecule has 1 amide bonds. The fourth-order valence-corrected chi connectivity index (χ4v) is 4.29. The smallest absolute Gasteiger partial charge is 0.277 e. The zero-order valence-corrected chi connectivity index (χ0v) is 13.2. The maximum atomic E-state index is 12.3. The van der Waals surface area contributed by atoms with Crippen molar-refractivity contribution in [1.29, 1.82) is 10.5 Å². The second kappa shape index (κ2) is 5.34. The zero-order chi connectivity index (χ0) is 17.6. The number of nitrogens with zero attached hydrogens (tertiary/aromatic N) is 2. The molecule has 1 saturated heterocycles. The molecule has 4 atom stereocenters. The fraction of sp³-hybridized carbons (Fsp3) is 0.211. The molecule has 6 nitrogen and oxygen atoms in total. The van der Waals surface area contributed by atoms with Crippen LogP contribution in [0.5, 0.6) is 0 Å². The first-order valence-electron chi connectivity index (χ1n) is 7.93. The van der Waals surface area contributed by atoms with Gasteiger partial charge in [0.15, 0.2) is 12.1 Å². The van der Waals surface area contributed by atoms with Crippen LogP contribution in [0.25, 0.3) is 6.08 Å². The molecular formula is C19H15N4O2+. The molecule has 0 saturated carbocycles. The minimum absolute atomic E-state index is 0.430. The van der Waals surface area contributed by atoms with Gasteiger partial charge in [-0.05, 0) is 23.8 Å². The first-order chi connectivity index (χ1) is 12.1. The lowest BCUT2D eigenvalue weighted by Gasteiger charge is -2.29. The predicted molar refractivity (Wildman–Crippen MR) is 87.3 cm³/mol. The van der Waals surface area contributed by atoms with Crippen LogP contribution in [0.1, 0.15) is 28.8 Å². The maximum absolute atomic E-state index is 12.3. The van der Waals surface area contributed by atoms with Crippen LogP contribution < -0.4 is 10.6 Å². The van der Waals surface area contributed by atoms with Crippen molar-refractivity contribution in [2.45, 2.75) is 18.0 Å². The highest BCUT2D eigenvalue weighted by Crippen LogP contribution is 2.51. The molecule has 1 aromatic heterocycles. The number of amides is 1. The Morgan fingerprint density at radius 1 is 1.20 bits per heavy atom. The summed E-state index contributed by atoms with van der Waals surface area (Å²) in [5, 5.41) is 20.1. The third-order valence-electron chi connectivity index (χ3n) is 5.26. The molecule has 0 bridgehead atoms. The summed E-state index contributed by atoms with van der Waals surface area (Å²) in [6, 6.07) is 14.1. The lowest BCUT2D eigenvalue weighted by Crippen LogP contribution is -3.12. The summed E-state index contributed by atoms with van der Waals surface area (Å²) >= 11 is 0. The minimum atomic E-state index is -1.46. The Morgan fingerprint density at radius 3 is 2.60 bits per heavy atom. The number of rotatable bonds is 2. The Balaban J connectivity index is 2.02. The van der Waals surface area contributed by atoms with Crippen LogP contribution in [0.4, 0.5) is 0 Å². The van der Waals surface area contributed by atoms with Crippen molar-refractivity contribution in [3.05, 3.63) is 65.7 Å². The lowest BCUT2D eigenvalue weighted by molar-refractivity contribution is -0.885. The van der Waals surface area contributed by atoms with Gasteiger partial charge in [0.05, 0.1) is 24.6 Å². The van der Waals surface area contributed by atoms with E-state index in [1.54, 1.807) is 12.1 Å². The van der Waals surface area contributed by atoms with Gasteiger partial charge in [0.2, 0.25) is 5.41 Å². The number of hydrogen-bond acceptors (Lipinski definition) is 4. The highest BCUT2D eigenvalue weighted by molar-refractivity contribution is 5.81. The zero-order valence-electron chi connectivity index (χ0n) is 13.2. The van der Waals surface area contributed by atoms with E-state index in [1.807, 2.05) is 36.5 Å². The Labute approximate surface area is 144 Å². The molecule has 6 heteroatoms. The van der Waals surface area contributed by atoms with E-state index in [2.05, 4.69) is 12.1 Å². The van der Waals surface area contributed by atoms with E-state index < -0.39 is 29.3 Å². The molecule has 25 heavy (non-hydrogen) atoms. The van der Waals surface area contributed by atoms with E-state index in [9.17, 15) is 15.3 Å². The van der Waals surface area contributed by atoms with Gasteiger partial charge in [-0.3, -0.25) is 9.69 Å². The number of nitriles is 2. The molecule has 1 aromatic carbocycles. The van der Waals surface area contributed by atoms with E-state index >= 15 is 0 Å². The molecule has 0 aliphatic carbocycles. The Kier molecular flexibility index (Phi) is 3.24. The summed E-state index contributed by atoms with van der Waals surface area (Å²) in [6.45, 7) is 0. The van der Waals surface area contributed by atoms with Gasteiger partial charge >= 0.3 is 0 Å². The van der Waals surface area contributed by atoms with Crippen molar-refractivity contribution in [1.82, 2.24) is 0 Å². The topological polar surface area (TPSA) is 108 Å². The van der Waals surface area contributed by atoms with Crippen LogP contribution in [0.3, 0.4) is 0 Å². The summed E-state index contributed by atoms with van der Waals surface area (Å²) in [7, 11) is 0. The summed E-state index contributed by atoms with van der Waals surface area (Å²) in [5.74, 6) is -0.872. The Morgan fingerprint density at radius 2 is 1.96 bits per heavy atom. The molecule has 4 rings (SSSR count). The van der Waals surface area contributed by atoms with Crippen molar-refractivity contribution >= 4 is 12.0 Å². The van der Waals surface area contributed by atoms with E-state index in [1.165, 1.54) is 6.26 Å². The van der Waals surface area contributed by atoms with Crippen LogP contribution in [-0.4, -0.2) is 11.9 Å². The number of quaternary nitrogens is 1.